The molecule has 16 heavy (non-hydrogen) atoms. The topological polar surface area (TPSA) is 20.3 Å². The minimum Gasteiger partial charge on any atom is -0.374 e. The van der Waals surface area contributed by atoms with Crippen LogP contribution >= 0.6 is 0 Å². The second kappa shape index (κ2) is 4.11. The summed E-state index contributed by atoms with van der Waals surface area (Å²) in [7, 11) is 0. The number of piperidine rings is 1. The van der Waals surface area contributed by atoms with Gasteiger partial charge in [-0.3, -0.25) is 4.79 Å². The highest BCUT2D eigenvalue weighted by molar-refractivity contribution is 5.92. The number of carbonyl (C=O) groups excluding carboxylic acids is 1. The van der Waals surface area contributed by atoms with Crippen LogP contribution in [0, 0.1) is 5.92 Å². The van der Waals surface area contributed by atoms with Crippen LogP contribution in [0.15, 0.2) is 11.8 Å². The Morgan fingerprint density at radius 1 is 1.31 bits per heavy atom. The van der Waals surface area contributed by atoms with Crippen LogP contribution in [0.2, 0.25) is 0 Å². The number of hydrogen-bond donors (Lipinski definition) is 0. The molecule has 0 aromatic heterocycles. The second-order valence-corrected chi connectivity index (χ2v) is 4.43. The molecule has 0 amide bonds. The van der Waals surface area contributed by atoms with Crippen molar-refractivity contribution in [3.8, 4) is 0 Å². The Hall–Kier alpha value is -1.00. The summed E-state index contributed by atoms with van der Waals surface area (Å²) < 4.78 is 37.7. The number of carbonyl (C=O) groups is 1. The normalized spacial score (nSPS) is 27.2. The van der Waals surface area contributed by atoms with E-state index in [0.717, 1.165) is 5.70 Å². The maximum atomic E-state index is 12.6. The molecule has 1 heterocycles. The molecule has 2 aliphatic rings. The molecule has 5 heteroatoms. The molecule has 2 rings (SSSR count). The van der Waals surface area contributed by atoms with E-state index in [1.54, 1.807) is 4.90 Å². The van der Waals surface area contributed by atoms with Crippen LogP contribution in [-0.2, 0) is 4.79 Å². The number of rotatable bonds is 1. The molecule has 1 aliphatic heterocycles. The summed E-state index contributed by atoms with van der Waals surface area (Å²) in [5, 5.41) is 0. The summed E-state index contributed by atoms with van der Waals surface area (Å²) in [6, 6.07) is 0. The summed E-state index contributed by atoms with van der Waals surface area (Å²) in [5.41, 5.74) is 0.791. The maximum absolute atomic E-state index is 12.6. The van der Waals surface area contributed by atoms with Crippen molar-refractivity contribution in [2.75, 3.05) is 13.1 Å². The van der Waals surface area contributed by atoms with Gasteiger partial charge in [-0.2, -0.15) is 13.2 Å². The molecule has 0 radical (unpaired) electrons. The van der Waals surface area contributed by atoms with Gasteiger partial charge in [0, 0.05) is 31.3 Å². The SMILES string of the molecule is O=C1C=C(N2CCCC(C(F)(F)F)C2)CC1. The average molecular weight is 233 g/mol. The lowest BCUT2D eigenvalue weighted by Gasteiger charge is -2.35. The van der Waals surface area contributed by atoms with Crippen LogP contribution in [0.25, 0.3) is 0 Å². The molecule has 1 unspecified atom stereocenters. The van der Waals surface area contributed by atoms with Gasteiger partial charge in [-0.25, -0.2) is 0 Å². The maximum Gasteiger partial charge on any atom is 0.393 e. The highest BCUT2D eigenvalue weighted by Gasteiger charge is 2.42. The molecular formula is C11H14F3NO. The number of hydrogen-bond acceptors (Lipinski definition) is 2. The first-order valence-electron chi connectivity index (χ1n) is 5.52. The van der Waals surface area contributed by atoms with Crippen LogP contribution in [0.1, 0.15) is 25.7 Å². The van der Waals surface area contributed by atoms with Crippen molar-refractivity contribution >= 4 is 5.78 Å². The Kier molecular flexibility index (Phi) is 2.95. The lowest BCUT2D eigenvalue weighted by Crippen LogP contribution is -2.40. The van der Waals surface area contributed by atoms with Gasteiger partial charge in [-0.1, -0.05) is 0 Å². The fraction of sp³-hybridized carbons (Fsp3) is 0.727. The Morgan fingerprint density at radius 3 is 2.62 bits per heavy atom. The van der Waals surface area contributed by atoms with Crippen LogP contribution < -0.4 is 0 Å². The highest BCUT2D eigenvalue weighted by Crippen LogP contribution is 2.35. The van der Waals surface area contributed by atoms with E-state index in [9.17, 15) is 18.0 Å². The predicted octanol–water partition coefficient (Wildman–Crippen LogP) is 2.51. The zero-order chi connectivity index (χ0) is 11.8. The number of nitrogens with zero attached hydrogens (tertiary/aromatic N) is 1. The zero-order valence-electron chi connectivity index (χ0n) is 8.89. The van der Waals surface area contributed by atoms with Crippen molar-refractivity contribution in [3.05, 3.63) is 11.8 Å². The molecule has 0 saturated carbocycles. The van der Waals surface area contributed by atoms with Crippen molar-refractivity contribution in [1.29, 1.82) is 0 Å². The smallest absolute Gasteiger partial charge is 0.374 e. The van der Waals surface area contributed by atoms with Crippen LogP contribution in [0.4, 0.5) is 13.2 Å². The third-order valence-corrected chi connectivity index (χ3v) is 3.25. The summed E-state index contributed by atoms with van der Waals surface area (Å²) in [6.07, 6.45) is -0.802. The number of ketones is 1. The van der Waals surface area contributed by atoms with Gasteiger partial charge in [0.15, 0.2) is 5.78 Å². The Balaban J connectivity index is 2.02. The Bertz CT molecular complexity index is 322. The minimum absolute atomic E-state index is 0.0165. The average Bonchev–Trinajstić information content (AvgIpc) is 2.64. The molecule has 90 valence electrons. The summed E-state index contributed by atoms with van der Waals surface area (Å²) >= 11 is 0. The molecule has 0 spiro atoms. The molecule has 0 aromatic carbocycles. The first-order chi connectivity index (χ1) is 7.47. The predicted molar refractivity (Wildman–Crippen MR) is 52.7 cm³/mol. The molecule has 2 nitrogen and oxygen atoms in total. The van der Waals surface area contributed by atoms with E-state index < -0.39 is 12.1 Å². The first kappa shape index (κ1) is 11.5. The molecule has 1 fully saturated rings. The number of alkyl halides is 3. The van der Waals surface area contributed by atoms with Crippen LogP contribution in [0.5, 0.6) is 0 Å². The number of halogens is 3. The van der Waals surface area contributed by atoms with Gasteiger partial charge in [0.2, 0.25) is 0 Å². The summed E-state index contributed by atoms with van der Waals surface area (Å²) in [5.74, 6) is -1.21. The molecular weight excluding hydrogens is 219 g/mol. The monoisotopic (exact) mass is 233 g/mol. The van der Waals surface area contributed by atoms with E-state index in [4.69, 9.17) is 0 Å². The lowest BCUT2D eigenvalue weighted by atomic mass is 9.97. The molecule has 0 aromatic rings. The molecule has 1 aliphatic carbocycles. The first-order valence-corrected chi connectivity index (χ1v) is 5.52. The Morgan fingerprint density at radius 2 is 2.06 bits per heavy atom. The van der Waals surface area contributed by atoms with Crippen LogP contribution in [0.3, 0.4) is 0 Å². The van der Waals surface area contributed by atoms with E-state index in [1.807, 2.05) is 0 Å². The van der Waals surface area contributed by atoms with E-state index in [0.29, 0.717) is 25.8 Å². The van der Waals surface area contributed by atoms with E-state index >= 15 is 0 Å². The fourth-order valence-electron chi connectivity index (χ4n) is 2.34. The lowest BCUT2D eigenvalue weighted by molar-refractivity contribution is -0.185. The van der Waals surface area contributed by atoms with Crippen molar-refractivity contribution in [2.45, 2.75) is 31.9 Å². The van der Waals surface area contributed by atoms with Crippen molar-refractivity contribution in [3.63, 3.8) is 0 Å². The van der Waals surface area contributed by atoms with Crippen molar-refractivity contribution in [1.82, 2.24) is 4.90 Å². The van der Waals surface area contributed by atoms with Gasteiger partial charge in [0.25, 0.3) is 0 Å². The molecule has 0 N–H and O–H groups in total. The van der Waals surface area contributed by atoms with E-state index in [-0.39, 0.29) is 18.7 Å². The third kappa shape index (κ3) is 2.39. The molecule has 1 atom stereocenters. The quantitative estimate of drug-likeness (QED) is 0.693. The largest absolute Gasteiger partial charge is 0.393 e. The van der Waals surface area contributed by atoms with Crippen molar-refractivity contribution in [2.24, 2.45) is 5.92 Å². The molecule has 0 bridgehead atoms. The highest BCUT2D eigenvalue weighted by atomic mass is 19.4. The summed E-state index contributed by atoms with van der Waals surface area (Å²) in [6.45, 7) is 0.661. The third-order valence-electron chi connectivity index (χ3n) is 3.25. The van der Waals surface area contributed by atoms with Gasteiger partial charge in [0.05, 0.1) is 5.92 Å². The minimum atomic E-state index is -4.11. The zero-order valence-corrected chi connectivity index (χ0v) is 8.89. The standard InChI is InChI=1S/C11H14F3NO/c12-11(13,14)8-2-1-5-15(7-8)9-3-4-10(16)6-9/h6,8H,1-5,7H2. The van der Waals surface area contributed by atoms with E-state index in [1.165, 1.54) is 6.08 Å². The Labute approximate surface area is 92.1 Å². The summed E-state index contributed by atoms with van der Waals surface area (Å²) in [4.78, 5) is 12.8. The molecule has 1 saturated heterocycles. The van der Waals surface area contributed by atoms with Gasteiger partial charge < -0.3 is 4.90 Å². The van der Waals surface area contributed by atoms with E-state index in [2.05, 4.69) is 0 Å². The van der Waals surface area contributed by atoms with Gasteiger partial charge >= 0.3 is 6.18 Å². The number of allylic oxidation sites excluding steroid dienone is 2. The van der Waals surface area contributed by atoms with Gasteiger partial charge in [-0.05, 0) is 19.3 Å². The van der Waals surface area contributed by atoms with Crippen molar-refractivity contribution < 1.29 is 18.0 Å². The van der Waals surface area contributed by atoms with Gasteiger partial charge in [0.1, 0.15) is 0 Å². The van der Waals surface area contributed by atoms with Crippen LogP contribution in [-0.4, -0.2) is 29.9 Å². The number of likely N-dealkylation sites (tertiary alicyclic amines) is 1. The van der Waals surface area contributed by atoms with Gasteiger partial charge in [-0.15, -0.1) is 0 Å². The fourth-order valence-corrected chi connectivity index (χ4v) is 2.34. The second-order valence-electron chi connectivity index (χ2n) is 4.43.